The number of esters is 2. The molecule has 0 aromatic carbocycles. The van der Waals surface area contributed by atoms with Gasteiger partial charge in [-0.2, -0.15) is 0 Å². The summed E-state index contributed by atoms with van der Waals surface area (Å²) >= 11 is 0. The van der Waals surface area contributed by atoms with Gasteiger partial charge in [-0.05, 0) is 33.6 Å². The molecule has 0 aliphatic rings. The van der Waals surface area contributed by atoms with E-state index < -0.39 is 0 Å². The summed E-state index contributed by atoms with van der Waals surface area (Å²) in [6.45, 7) is 14.9. The molecule has 0 aliphatic carbocycles. The molecular weight excluding hydrogens is 649 g/mol. The standard InChI is InChI=1S/C37H74NO4.HI/c1-6-11-13-15-17-19-21-23-25-27-29-31-36(39)41-34-35(33-38(8-3,9-4)10-5)42-37(40)32-30-28-26-24-22-20-18-16-14-12-7-2;/h35H,6-34H2,1-5H3;1H/q+1;/p-1. The zero-order valence-electron chi connectivity index (χ0n) is 29.5. The zero-order valence-corrected chi connectivity index (χ0v) is 31.7. The first kappa shape index (κ1) is 44.8. The monoisotopic (exact) mass is 723 g/mol. The van der Waals surface area contributed by atoms with Crippen molar-refractivity contribution >= 4 is 11.9 Å². The highest BCUT2D eigenvalue weighted by molar-refractivity contribution is 5.70. The Morgan fingerprint density at radius 3 is 1.16 bits per heavy atom. The van der Waals surface area contributed by atoms with Crippen molar-refractivity contribution in [2.45, 2.75) is 195 Å². The van der Waals surface area contributed by atoms with Crippen LogP contribution in [0, 0.1) is 0 Å². The minimum atomic E-state index is -0.369. The summed E-state index contributed by atoms with van der Waals surface area (Å²) < 4.78 is 12.5. The largest absolute Gasteiger partial charge is 1.00 e. The summed E-state index contributed by atoms with van der Waals surface area (Å²) in [5, 5.41) is 0. The number of carbonyl (C=O) groups is 2. The average Bonchev–Trinajstić information content (AvgIpc) is 3.00. The van der Waals surface area contributed by atoms with E-state index in [0.29, 0.717) is 19.4 Å². The van der Waals surface area contributed by atoms with E-state index in [1.807, 2.05) is 0 Å². The maximum Gasteiger partial charge on any atom is 0.306 e. The molecule has 0 aromatic rings. The van der Waals surface area contributed by atoms with E-state index in [0.717, 1.165) is 49.8 Å². The van der Waals surface area contributed by atoms with Crippen molar-refractivity contribution in [3.05, 3.63) is 0 Å². The Kier molecular flexibility index (Phi) is 34.4. The highest BCUT2D eigenvalue weighted by Crippen LogP contribution is 2.16. The highest BCUT2D eigenvalue weighted by atomic mass is 127. The fourth-order valence-corrected chi connectivity index (χ4v) is 5.98. The van der Waals surface area contributed by atoms with E-state index in [9.17, 15) is 9.59 Å². The molecule has 0 amide bonds. The van der Waals surface area contributed by atoms with E-state index in [1.54, 1.807) is 0 Å². The number of hydrogen-bond donors (Lipinski definition) is 0. The fraction of sp³-hybridized carbons (Fsp3) is 0.946. The normalized spacial score (nSPS) is 12.1. The van der Waals surface area contributed by atoms with Gasteiger partial charge in [0.05, 0.1) is 19.6 Å². The molecule has 0 aromatic heterocycles. The third-order valence-corrected chi connectivity index (χ3v) is 9.30. The lowest BCUT2D eigenvalue weighted by Gasteiger charge is -2.38. The van der Waals surface area contributed by atoms with Gasteiger partial charge in [0.25, 0.3) is 0 Å². The molecule has 43 heavy (non-hydrogen) atoms. The molecule has 0 saturated heterocycles. The van der Waals surface area contributed by atoms with Gasteiger partial charge in [0.2, 0.25) is 0 Å². The first-order valence-electron chi connectivity index (χ1n) is 18.7. The topological polar surface area (TPSA) is 52.6 Å². The molecule has 0 rings (SSSR count). The molecule has 6 heteroatoms. The minimum Gasteiger partial charge on any atom is -1.00 e. The van der Waals surface area contributed by atoms with E-state index in [-0.39, 0.29) is 48.6 Å². The van der Waals surface area contributed by atoms with Gasteiger partial charge in [-0.1, -0.05) is 142 Å². The van der Waals surface area contributed by atoms with Crippen molar-refractivity contribution in [3.8, 4) is 0 Å². The second kappa shape index (κ2) is 33.0. The molecule has 0 saturated carbocycles. The van der Waals surface area contributed by atoms with Crippen molar-refractivity contribution in [3.63, 3.8) is 0 Å². The van der Waals surface area contributed by atoms with Crippen LogP contribution in [0.4, 0.5) is 0 Å². The third-order valence-electron chi connectivity index (χ3n) is 9.30. The van der Waals surface area contributed by atoms with Crippen LogP contribution in [0.15, 0.2) is 0 Å². The van der Waals surface area contributed by atoms with Gasteiger partial charge < -0.3 is 37.9 Å². The van der Waals surface area contributed by atoms with Crippen LogP contribution >= 0.6 is 0 Å². The Bertz CT molecular complexity index is 603. The Labute approximate surface area is 286 Å². The van der Waals surface area contributed by atoms with Crippen LogP contribution in [-0.4, -0.2) is 55.3 Å². The van der Waals surface area contributed by atoms with Gasteiger partial charge in [0, 0.05) is 12.8 Å². The van der Waals surface area contributed by atoms with Crippen LogP contribution in [0.5, 0.6) is 0 Å². The number of nitrogens with zero attached hydrogens (tertiary/aromatic N) is 1. The van der Waals surface area contributed by atoms with Crippen LogP contribution in [0.3, 0.4) is 0 Å². The van der Waals surface area contributed by atoms with Gasteiger partial charge in [-0.3, -0.25) is 9.59 Å². The van der Waals surface area contributed by atoms with E-state index in [1.165, 1.54) is 116 Å². The maximum absolute atomic E-state index is 12.7. The molecule has 0 fully saturated rings. The van der Waals surface area contributed by atoms with Crippen molar-refractivity contribution in [2.75, 3.05) is 32.8 Å². The quantitative estimate of drug-likeness (QED) is 0.0309. The Hall–Kier alpha value is -0.370. The smallest absolute Gasteiger partial charge is 0.306 e. The molecule has 5 nitrogen and oxygen atoms in total. The molecule has 1 unspecified atom stereocenters. The molecule has 258 valence electrons. The lowest BCUT2D eigenvalue weighted by atomic mass is 10.1. The first-order chi connectivity index (χ1) is 20.5. The van der Waals surface area contributed by atoms with Crippen molar-refractivity contribution < 1.29 is 47.5 Å². The number of halogens is 1. The summed E-state index contributed by atoms with van der Waals surface area (Å²) in [5.74, 6) is -0.293. The number of unbranched alkanes of at least 4 members (excludes halogenated alkanes) is 20. The SMILES string of the molecule is CCCCCCCCCCCCCC(=O)OCC(C[N+](CC)(CC)CC)OC(=O)CCCCCCCCCCCCC.[I-]. The van der Waals surface area contributed by atoms with Crippen LogP contribution in [0.1, 0.15) is 189 Å². The number of quaternary nitrogens is 1. The molecule has 0 radical (unpaired) electrons. The molecule has 0 aliphatic heterocycles. The summed E-state index contributed by atoms with van der Waals surface area (Å²) in [5.41, 5.74) is 0. The number of carbonyl (C=O) groups excluding carboxylic acids is 2. The minimum absolute atomic E-state index is 0. The highest BCUT2D eigenvalue weighted by Gasteiger charge is 2.29. The number of likely N-dealkylation sites (N-methyl/N-ethyl adjacent to an activating group) is 1. The van der Waals surface area contributed by atoms with Crippen LogP contribution < -0.4 is 24.0 Å². The molecular formula is C37H74INO4. The van der Waals surface area contributed by atoms with E-state index in [2.05, 4.69) is 34.6 Å². The number of hydrogen-bond acceptors (Lipinski definition) is 4. The molecule has 1 atom stereocenters. The van der Waals surface area contributed by atoms with Crippen LogP contribution in [-0.2, 0) is 19.1 Å². The third kappa shape index (κ3) is 27.6. The number of rotatable bonds is 32. The van der Waals surface area contributed by atoms with E-state index >= 15 is 0 Å². The summed E-state index contributed by atoms with van der Waals surface area (Å²) in [6, 6.07) is 0. The Balaban J connectivity index is 0. The Morgan fingerprint density at radius 1 is 0.488 bits per heavy atom. The van der Waals surface area contributed by atoms with Gasteiger partial charge in [-0.25, -0.2) is 0 Å². The molecule has 0 N–H and O–H groups in total. The van der Waals surface area contributed by atoms with E-state index in [4.69, 9.17) is 9.47 Å². The average molecular weight is 724 g/mol. The first-order valence-corrected chi connectivity index (χ1v) is 18.7. The summed E-state index contributed by atoms with van der Waals surface area (Å²) in [4.78, 5) is 25.2. The second-order valence-corrected chi connectivity index (χ2v) is 12.8. The van der Waals surface area contributed by atoms with Gasteiger partial charge >= 0.3 is 11.9 Å². The second-order valence-electron chi connectivity index (χ2n) is 12.8. The lowest BCUT2D eigenvalue weighted by molar-refractivity contribution is -0.925. The summed E-state index contributed by atoms with van der Waals surface area (Å²) in [7, 11) is 0. The van der Waals surface area contributed by atoms with Crippen LogP contribution in [0.2, 0.25) is 0 Å². The molecule has 0 heterocycles. The van der Waals surface area contributed by atoms with Crippen molar-refractivity contribution in [2.24, 2.45) is 0 Å². The van der Waals surface area contributed by atoms with Gasteiger partial charge in [0.1, 0.15) is 13.2 Å². The van der Waals surface area contributed by atoms with Crippen molar-refractivity contribution in [1.29, 1.82) is 0 Å². The van der Waals surface area contributed by atoms with Gasteiger partial charge in [-0.15, -0.1) is 0 Å². The lowest BCUT2D eigenvalue weighted by Crippen LogP contribution is -3.00. The zero-order chi connectivity index (χ0) is 31.2. The predicted octanol–water partition coefficient (Wildman–Crippen LogP) is 7.72. The van der Waals surface area contributed by atoms with Gasteiger partial charge in [0.15, 0.2) is 6.10 Å². The Morgan fingerprint density at radius 2 is 0.814 bits per heavy atom. The fourth-order valence-electron chi connectivity index (χ4n) is 5.98. The molecule has 0 bridgehead atoms. The predicted molar refractivity (Wildman–Crippen MR) is 180 cm³/mol. The molecule has 0 spiro atoms. The maximum atomic E-state index is 12.7. The van der Waals surface area contributed by atoms with Crippen molar-refractivity contribution in [1.82, 2.24) is 0 Å². The number of ether oxygens (including phenoxy) is 2. The summed E-state index contributed by atoms with van der Waals surface area (Å²) in [6.07, 6.45) is 28.4. The van der Waals surface area contributed by atoms with Crippen LogP contribution in [0.25, 0.3) is 0 Å².